The number of amides is 2. The van der Waals surface area contributed by atoms with Crippen molar-refractivity contribution in [1.29, 1.82) is 0 Å². The van der Waals surface area contributed by atoms with Crippen LogP contribution in [0.3, 0.4) is 0 Å². The normalized spacial score (nSPS) is 24.0. The van der Waals surface area contributed by atoms with Gasteiger partial charge in [-0.25, -0.2) is 0 Å². The minimum Gasteiger partial charge on any atom is -0.491 e. The zero-order chi connectivity index (χ0) is 21.8. The maximum atomic E-state index is 13.1. The summed E-state index contributed by atoms with van der Waals surface area (Å²) in [6.45, 7) is 2.66. The fraction of sp³-hybridized carbons (Fsp3) is 0.286. The lowest BCUT2D eigenvalue weighted by Crippen LogP contribution is -2.41. The molecule has 0 aliphatic heterocycles. The van der Waals surface area contributed by atoms with Gasteiger partial charge in [-0.2, -0.15) is 0 Å². The van der Waals surface area contributed by atoms with E-state index in [4.69, 9.17) is 4.74 Å². The summed E-state index contributed by atoms with van der Waals surface area (Å²) < 4.78 is 6.13. The average molecular weight is 424 g/mol. The van der Waals surface area contributed by atoms with Crippen LogP contribution in [-0.2, 0) is 9.59 Å². The Morgan fingerprint density at radius 1 is 0.969 bits per heavy atom. The molecule has 0 N–H and O–H groups in total. The SMILES string of the molecule is CC1C2C=CC(C2)C1C(=O)N(C=O)CCOc1ccc2ccc3cccc4ccc1c2c34. The molecule has 6 rings (SSSR count). The molecule has 160 valence electrons. The highest BCUT2D eigenvalue weighted by Crippen LogP contribution is 2.48. The molecule has 1 fully saturated rings. The van der Waals surface area contributed by atoms with E-state index >= 15 is 0 Å². The molecule has 32 heavy (non-hydrogen) atoms. The van der Waals surface area contributed by atoms with Crippen molar-refractivity contribution >= 4 is 44.6 Å². The fourth-order valence-electron chi connectivity index (χ4n) is 5.97. The first-order valence-corrected chi connectivity index (χ1v) is 11.4. The zero-order valence-corrected chi connectivity index (χ0v) is 18.0. The van der Waals surface area contributed by atoms with Crippen LogP contribution in [-0.4, -0.2) is 30.4 Å². The Hall–Kier alpha value is -3.40. The average Bonchev–Trinajstić information content (AvgIpc) is 3.42. The van der Waals surface area contributed by atoms with Crippen molar-refractivity contribution < 1.29 is 14.3 Å². The molecule has 2 amide bonds. The van der Waals surface area contributed by atoms with Gasteiger partial charge in [0.25, 0.3) is 0 Å². The van der Waals surface area contributed by atoms with Crippen LogP contribution in [0.2, 0.25) is 0 Å². The third kappa shape index (κ3) is 2.82. The lowest BCUT2D eigenvalue weighted by atomic mass is 9.83. The van der Waals surface area contributed by atoms with Crippen LogP contribution in [0.1, 0.15) is 13.3 Å². The summed E-state index contributed by atoms with van der Waals surface area (Å²) in [5.41, 5.74) is 0. The van der Waals surface area contributed by atoms with Crippen molar-refractivity contribution in [1.82, 2.24) is 4.90 Å². The summed E-state index contributed by atoms with van der Waals surface area (Å²) in [5.74, 6) is 1.65. The number of hydrogen-bond donors (Lipinski definition) is 0. The van der Waals surface area contributed by atoms with E-state index in [1.807, 2.05) is 6.07 Å². The Morgan fingerprint density at radius 2 is 1.66 bits per heavy atom. The molecule has 0 heterocycles. The lowest BCUT2D eigenvalue weighted by molar-refractivity contribution is -0.143. The third-order valence-electron chi connectivity index (χ3n) is 7.63. The summed E-state index contributed by atoms with van der Waals surface area (Å²) in [7, 11) is 0. The summed E-state index contributed by atoms with van der Waals surface area (Å²) in [6, 6.07) is 18.9. The van der Waals surface area contributed by atoms with E-state index in [1.165, 1.54) is 31.8 Å². The smallest absolute Gasteiger partial charge is 0.233 e. The van der Waals surface area contributed by atoms with Gasteiger partial charge in [-0.15, -0.1) is 0 Å². The standard InChI is InChI=1S/C28H25NO3/c1-17-21-7-8-22(15-21)25(17)28(31)29(16-30)13-14-32-24-12-10-20-6-5-18-3-2-4-19-9-11-23(24)27(20)26(18)19/h2-12,16-17,21-22,25H,13-15H2,1H3. The molecule has 0 saturated heterocycles. The number of carbonyl (C=O) groups is 2. The molecule has 1 saturated carbocycles. The quantitative estimate of drug-likeness (QED) is 0.237. The molecule has 4 atom stereocenters. The molecule has 2 aliphatic rings. The second kappa shape index (κ2) is 7.33. The van der Waals surface area contributed by atoms with Crippen molar-refractivity contribution in [2.45, 2.75) is 13.3 Å². The predicted molar refractivity (Wildman–Crippen MR) is 127 cm³/mol. The fourth-order valence-corrected chi connectivity index (χ4v) is 5.97. The molecule has 4 unspecified atom stereocenters. The molecule has 2 aliphatic carbocycles. The van der Waals surface area contributed by atoms with Crippen molar-refractivity contribution in [3.63, 3.8) is 0 Å². The van der Waals surface area contributed by atoms with Gasteiger partial charge in [0.05, 0.1) is 6.54 Å². The van der Waals surface area contributed by atoms with Gasteiger partial charge in [0.15, 0.2) is 0 Å². The van der Waals surface area contributed by atoms with E-state index in [1.54, 1.807) is 0 Å². The number of imide groups is 1. The number of carbonyl (C=O) groups excluding carboxylic acids is 2. The van der Waals surface area contributed by atoms with Gasteiger partial charge >= 0.3 is 0 Å². The van der Waals surface area contributed by atoms with Crippen LogP contribution in [0.25, 0.3) is 32.3 Å². The van der Waals surface area contributed by atoms with Crippen LogP contribution >= 0.6 is 0 Å². The van der Waals surface area contributed by atoms with E-state index in [9.17, 15) is 9.59 Å². The zero-order valence-electron chi connectivity index (χ0n) is 18.0. The molecular weight excluding hydrogens is 398 g/mol. The van der Waals surface area contributed by atoms with Crippen LogP contribution in [0.5, 0.6) is 5.75 Å². The summed E-state index contributed by atoms with van der Waals surface area (Å²) in [6.07, 6.45) is 6.07. The summed E-state index contributed by atoms with van der Waals surface area (Å²) in [4.78, 5) is 26.1. The number of fused-ring (bicyclic) bond motifs is 2. The second-order valence-corrected chi connectivity index (χ2v) is 9.24. The van der Waals surface area contributed by atoms with E-state index in [2.05, 4.69) is 67.6 Å². The van der Waals surface area contributed by atoms with Gasteiger partial charge < -0.3 is 4.74 Å². The van der Waals surface area contributed by atoms with Gasteiger partial charge in [0.2, 0.25) is 12.3 Å². The number of hydrogen-bond acceptors (Lipinski definition) is 3. The molecule has 4 aromatic carbocycles. The molecule has 2 bridgehead atoms. The van der Waals surface area contributed by atoms with E-state index in [0.29, 0.717) is 18.2 Å². The Morgan fingerprint density at radius 3 is 2.38 bits per heavy atom. The van der Waals surface area contributed by atoms with E-state index < -0.39 is 0 Å². The van der Waals surface area contributed by atoms with Gasteiger partial charge in [0, 0.05) is 16.7 Å². The van der Waals surface area contributed by atoms with Crippen molar-refractivity contribution in [2.75, 3.05) is 13.2 Å². The monoisotopic (exact) mass is 423 g/mol. The molecule has 4 aromatic rings. The number of benzene rings is 4. The molecule has 4 heteroatoms. The highest BCUT2D eigenvalue weighted by atomic mass is 16.5. The van der Waals surface area contributed by atoms with Crippen LogP contribution in [0.4, 0.5) is 0 Å². The topological polar surface area (TPSA) is 46.6 Å². The lowest BCUT2D eigenvalue weighted by Gasteiger charge is -2.27. The molecule has 0 radical (unpaired) electrons. The molecule has 0 aromatic heterocycles. The third-order valence-corrected chi connectivity index (χ3v) is 7.63. The first kappa shape index (κ1) is 19.3. The van der Waals surface area contributed by atoms with Crippen LogP contribution in [0, 0.1) is 23.7 Å². The maximum absolute atomic E-state index is 13.1. The summed E-state index contributed by atoms with van der Waals surface area (Å²) in [5, 5.41) is 7.11. The van der Waals surface area contributed by atoms with Gasteiger partial charge in [-0.1, -0.05) is 61.5 Å². The molecule has 0 spiro atoms. The van der Waals surface area contributed by atoms with Gasteiger partial charge in [-0.3, -0.25) is 14.5 Å². The van der Waals surface area contributed by atoms with E-state index in [-0.39, 0.29) is 30.9 Å². The highest BCUT2D eigenvalue weighted by molar-refractivity contribution is 6.24. The number of rotatable bonds is 6. The van der Waals surface area contributed by atoms with Crippen LogP contribution in [0.15, 0.2) is 66.7 Å². The maximum Gasteiger partial charge on any atom is 0.233 e. The van der Waals surface area contributed by atoms with Gasteiger partial charge in [0.1, 0.15) is 12.4 Å². The largest absolute Gasteiger partial charge is 0.491 e. The first-order valence-electron chi connectivity index (χ1n) is 11.4. The van der Waals surface area contributed by atoms with E-state index in [0.717, 1.165) is 17.6 Å². The minimum absolute atomic E-state index is 0.0664. The Balaban J connectivity index is 1.24. The van der Waals surface area contributed by atoms with Crippen molar-refractivity contribution in [2.24, 2.45) is 23.7 Å². The predicted octanol–water partition coefficient (Wildman–Crippen LogP) is 5.41. The number of ether oxygens (including phenoxy) is 1. The molecular formula is C28H25NO3. The number of allylic oxidation sites excluding steroid dienone is 2. The van der Waals surface area contributed by atoms with Crippen molar-refractivity contribution in [3.8, 4) is 5.75 Å². The molecule has 4 nitrogen and oxygen atoms in total. The Bertz CT molecular complexity index is 1360. The first-order chi connectivity index (χ1) is 15.7. The summed E-state index contributed by atoms with van der Waals surface area (Å²) >= 11 is 0. The Labute approximate surface area is 186 Å². The number of nitrogens with zero attached hydrogens (tertiary/aromatic N) is 1. The second-order valence-electron chi connectivity index (χ2n) is 9.24. The van der Waals surface area contributed by atoms with Gasteiger partial charge in [-0.05, 0) is 57.9 Å². The minimum atomic E-state index is -0.0928. The highest BCUT2D eigenvalue weighted by Gasteiger charge is 2.46. The Kier molecular flexibility index (Phi) is 4.42. The van der Waals surface area contributed by atoms with Crippen LogP contribution < -0.4 is 4.74 Å². The van der Waals surface area contributed by atoms with Crippen molar-refractivity contribution in [3.05, 3.63) is 66.7 Å².